The highest BCUT2D eigenvalue weighted by atomic mass is 79.9. The van der Waals surface area contributed by atoms with Gasteiger partial charge < -0.3 is 5.11 Å². The molecule has 1 aliphatic carbocycles. The molecule has 1 aromatic carbocycles. The number of carbonyl (C=O) groups excluding carboxylic acids is 1. The van der Waals surface area contributed by atoms with Crippen LogP contribution in [0.2, 0.25) is 0 Å². The summed E-state index contributed by atoms with van der Waals surface area (Å²) in [5.74, 6) is -0.253. The van der Waals surface area contributed by atoms with Crippen LogP contribution in [-0.2, 0) is 12.8 Å². The van der Waals surface area contributed by atoms with Gasteiger partial charge in [-0.1, -0.05) is 15.9 Å². The Kier molecular flexibility index (Phi) is 3.74. The van der Waals surface area contributed by atoms with Crippen molar-refractivity contribution < 1.29 is 9.90 Å². The van der Waals surface area contributed by atoms with Crippen molar-refractivity contribution in [3.05, 3.63) is 45.2 Å². The minimum atomic E-state index is -0.347. The SMILES string of the molecule is O=C(N/N=C\c1cc(Br)ccc1O)c1n[nH]c2c1CCC2. The van der Waals surface area contributed by atoms with Gasteiger partial charge in [0.15, 0.2) is 5.69 Å². The van der Waals surface area contributed by atoms with E-state index in [0.29, 0.717) is 11.3 Å². The second-order valence-electron chi connectivity index (χ2n) is 4.79. The van der Waals surface area contributed by atoms with Crippen LogP contribution in [0.1, 0.15) is 33.7 Å². The molecule has 1 amide bonds. The lowest BCUT2D eigenvalue weighted by atomic mass is 10.2. The molecule has 0 spiro atoms. The van der Waals surface area contributed by atoms with Gasteiger partial charge in [0.2, 0.25) is 0 Å². The van der Waals surface area contributed by atoms with Gasteiger partial charge in [-0.05, 0) is 37.5 Å². The van der Waals surface area contributed by atoms with Crippen LogP contribution in [-0.4, -0.2) is 27.4 Å². The molecule has 6 nitrogen and oxygen atoms in total. The van der Waals surface area contributed by atoms with E-state index in [0.717, 1.165) is 35.0 Å². The lowest BCUT2D eigenvalue weighted by molar-refractivity contribution is 0.0949. The largest absolute Gasteiger partial charge is 0.507 e. The quantitative estimate of drug-likeness (QED) is 0.586. The van der Waals surface area contributed by atoms with E-state index in [4.69, 9.17) is 0 Å². The molecule has 3 rings (SSSR count). The first-order chi connectivity index (χ1) is 10.1. The number of H-pyrrole nitrogens is 1. The number of phenols is 1. The number of phenolic OH excluding ortho intramolecular Hbond substituents is 1. The summed E-state index contributed by atoms with van der Waals surface area (Å²) in [6.45, 7) is 0. The molecule has 0 aliphatic heterocycles. The number of aromatic nitrogens is 2. The number of amides is 1. The van der Waals surface area contributed by atoms with Crippen LogP contribution in [0.4, 0.5) is 0 Å². The number of hydrazone groups is 1. The fourth-order valence-electron chi connectivity index (χ4n) is 2.35. The maximum absolute atomic E-state index is 12.0. The molecule has 0 saturated carbocycles. The molecule has 1 aromatic heterocycles. The number of aromatic hydroxyl groups is 1. The van der Waals surface area contributed by atoms with Crippen molar-refractivity contribution in [2.24, 2.45) is 5.10 Å². The van der Waals surface area contributed by atoms with Gasteiger partial charge in [-0.3, -0.25) is 9.89 Å². The minimum absolute atomic E-state index is 0.0943. The van der Waals surface area contributed by atoms with E-state index in [-0.39, 0.29) is 11.7 Å². The number of aromatic amines is 1. The van der Waals surface area contributed by atoms with Gasteiger partial charge in [-0.2, -0.15) is 10.2 Å². The second kappa shape index (κ2) is 5.69. The Bertz CT molecular complexity index is 724. The number of nitrogens with one attached hydrogen (secondary N) is 2. The van der Waals surface area contributed by atoms with E-state index in [1.807, 2.05) is 0 Å². The fraction of sp³-hybridized carbons (Fsp3) is 0.214. The van der Waals surface area contributed by atoms with Gasteiger partial charge in [0.1, 0.15) is 5.75 Å². The molecule has 108 valence electrons. The minimum Gasteiger partial charge on any atom is -0.507 e. The van der Waals surface area contributed by atoms with Gasteiger partial charge in [0, 0.05) is 21.3 Å². The van der Waals surface area contributed by atoms with Crippen LogP contribution in [0, 0.1) is 0 Å². The first-order valence-corrected chi connectivity index (χ1v) is 7.32. The molecule has 0 saturated heterocycles. The maximum atomic E-state index is 12.0. The number of rotatable bonds is 3. The average molecular weight is 349 g/mol. The van der Waals surface area contributed by atoms with E-state index < -0.39 is 0 Å². The normalized spacial score (nSPS) is 13.6. The molecular weight excluding hydrogens is 336 g/mol. The Hall–Kier alpha value is -2.15. The van der Waals surface area contributed by atoms with Crippen LogP contribution in [0.25, 0.3) is 0 Å². The Labute approximate surface area is 129 Å². The monoisotopic (exact) mass is 348 g/mol. The molecule has 21 heavy (non-hydrogen) atoms. The Morgan fingerprint density at radius 2 is 2.33 bits per heavy atom. The van der Waals surface area contributed by atoms with Crippen molar-refractivity contribution in [2.45, 2.75) is 19.3 Å². The predicted molar refractivity (Wildman–Crippen MR) is 81.5 cm³/mol. The van der Waals surface area contributed by atoms with Crippen LogP contribution < -0.4 is 5.43 Å². The summed E-state index contributed by atoms with van der Waals surface area (Å²) < 4.78 is 0.818. The summed E-state index contributed by atoms with van der Waals surface area (Å²) >= 11 is 3.31. The summed E-state index contributed by atoms with van der Waals surface area (Å²) in [7, 11) is 0. The third kappa shape index (κ3) is 2.82. The first-order valence-electron chi connectivity index (χ1n) is 6.53. The van der Waals surface area contributed by atoms with E-state index in [1.165, 1.54) is 6.21 Å². The highest BCUT2D eigenvalue weighted by Gasteiger charge is 2.22. The van der Waals surface area contributed by atoms with E-state index in [9.17, 15) is 9.90 Å². The zero-order valence-corrected chi connectivity index (χ0v) is 12.6. The highest BCUT2D eigenvalue weighted by molar-refractivity contribution is 9.10. The summed E-state index contributed by atoms with van der Waals surface area (Å²) in [6.07, 6.45) is 4.24. The number of benzene rings is 1. The smallest absolute Gasteiger partial charge is 0.292 e. The Morgan fingerprint density at radius 1 is 1.48 bits per heavy atom. The standard InChI is InChI=1S/C14H13BrN4O2/c15-9-4-5-12(20)8(6-9)7-16-19-14(21)13-10-2-1-3-11(10)17-18-13/h4-7,20H,1-3H2,(H,17,18)(H,19,21)/b16-7-. The number of fused-ring (bicyclic) bond motifs is 1. The molecule has 3 N–H and O–H groups in total. The first kappa shape index (κ1) is 13.8. The van der Waals surface area contributed by atoms with Gasteiger partial charge in [0.25, 0.3) is 5.91 Å². The molecule has 0 bridgehead atoms. The van der Waals surface area contributed by atoms with Crippen LogP contribution >= 0.6 is 15.9 Å². The van der Waals surface area contributed by atoms with E-state index in [1.54, 1.807) is 18.2 Å². The summed E-state index contributed by atoms with van der Waals surface area (Å²) in [6, 6.07) is 4.98. The number of hydrogen-bond acceptors (Lipinski definition) is 4. The van der Waals surface area contributed by atoms with Crippen molar-refractivity contribution in [3.63, 3.8) is 0 Å². The Morgan fingerprint density at radius 3 is 3.19 bits per heavy atom. The number of aryl methyl sites for hydroxylation is 1. The van der Waals surface area contributed by atoms with Gasteiger partial charge in [-0.15, -0.1) is 0 Å². The number of nitrogens with zero attached hydrogens (tertiary/aromatic N) is 2. The van der Waals surface area contributed by atoms with E-state index in [2.05, 4.69) is 36.7 Å². The lowest BCUT2D eigenvalue weighted by Gasteiger charge is -2.00. The predicted octanol–water partition coefficient (Wildman–Crippen LogP) is 2.13. The summed E-state index contributed by atoms with van der Waals surface area (Å²) in [5, 5.41) is 20.4. The molecule has 0 unspecified atom stereocenters. The molecule has 7 heteroatoms. The molecule has 2 aromatic rings. The van der Waals surface area contributed by atoms with Crippen LogP contribution in [0.3, 0.4) is 0 Å². The molecular formula is C14H13BrN4O2. The number of halogens is 1. The van der Waals surface area contributed by atoms with Gasteiger partial charge in [-0.25, -0.2) is 5.43 Å². The van der Waals surface area contributed by atoms with Crippen molar-refractivity contribution in [1.29, 1.82) is 0 Å². The molecule has 0 fully saturated rings. The van der Waals surface area contributed by atoms with Crippen molar-refractivity contribution in [2.75, 3.05) is 0 Å². The van der Waals surface area contributed by atoms with E-state index >= 15 is 0 Å². The number of carbonyl (C=O) groups is 1. The highest BCUT2D eigenvalue weighted by Crippen LogP contribution is 2.22. The molecule has 1 aliphatic rings. The maximum Gasteiger partial charge on any atom is 0.292 e. The number of hydrogen-bond donors (Lipinski definition) is 3. The van der Waals surface area contributed by atoms with Gasteiger partial charge in [0.05, 0.1) is 6.21 Å². The topological polar surface area (TPSA) is 90.4 Å². The third-order valence-electron chi connectivity index (χ3n) is 3.38. The second-order valence-corrected chi connectivity index (χ2v) is 5.70. The van der Waals surface area contributed by atoms with Crippen molar-refractivity contribution in [3.8, 4) is 5.75 Å². The molecule has 0 radical (unpaired) electrons. The van der Waals surface area contributed by atoms with Crippen LogP contribution in [0.15, 0.2) is 27.8 Å². The molecule has 1 heterocycles. The van der Waals surface area contributed by atoms with Crippen LogP contribution in [0.5, 0.6) is 5.75 Å². The Balaban J connectivity index is 1.71. The van der Waals surface area contributed by atoms with Crippen molar-refractivity contribution >= 4 is 28.1 Å². The zero-order chi connectivity index (χ0) is 14.8. The average Bonchev–Trinajstić information content (AvgIpc) is 3.05. The summed E-state index contributed by atoms with van der Waals surface area (Å²) in [5.41, 5.74) is 5.36. The van der Waals surface area contributed by atoms with Crippen molar-refractivity contribution in [1.82, 2.24) is 15.6 Å². The summed E-state index contributed by atoms with van der Waals surface area (Å²) in [4.78, 5) is 12.0. The lowest BCUT2D eigenvalue weighted by Crippen LogP contribution is -2.19. The molecule has 0 atom stereocenters. The fourth-order valence-corrected chi connectivity index (χ4v) is 2.73. The third-order valence-corrected chi connectivity index (χ3v) is 3.87. The van der Waals surface area contributed by atoms with Gasteiger partial charge >= 0.3 is 0 Å². The zero-order valence-electron chi connectivity index (χ0n) is 11.1.